The predicted molar refractivity (Wildman–Crippen MR) is 168 cm³/mol. The lowest BCUT2D eigenvalue weighted by Crippen LogP contribution is -2.53. The minimum absolute atomic E-state index is 0.0378. The van der Waals surface area contributed by atoms with E-state index in [1.165, 1.54) is 0 Å². The number of nitrogens with one attached hydrogen (secondary N) is 1. The standard InChI is InChI=1S/C35H38N4O5/c1-21-19-39(3)20-22(2)33(21)38-35(40)24-5-7-28(31(16-24)41-4)32-17-29-34(44-32)27(9-12-37-29)23-6-8-30(25(15-23)18-36)43-26-10-13-42-14-11-26/h5-9,12,15-17,21-22,26,33H,10-11,13-14,19-20H2,1-4H3,(H,38,40)/t21-,22+,33?. The second-order valence-corrected chi connectivity index (χ2v) is 12.0. The molecular weight excluding hydrogens is 556 g/mol. The van der Waals surface area contributed by atoms with E-state index in [9.17, 15) is 10.1 Å². The highest BCUT2D eigenvalue weighted by Crippen LogP contribution is 2.38. The largest absolute Gasteiger partial charge is 0.496 e. The Hall–Kier alpha value is -4.39. The highest BCUT2D eigenvalue weighted by atomic mass is 16.5. The van der Waals surface area contributed by atoms with Crippen LogP contribution in [0, 0.1) is 23.2 Å². The Balaban J connectivity index is 1.27. The number of furan rings is 1. The summed E-state index contributed by atoms with van der Waals surface area (Å²) < 4.78 is 23.7. The van der Waals surface area contributed by atoms with Crippen LogP contribution in [0.4, 0.5) is 0 Å². The fourth-order valence-electron chi connectivity index (χ4n) is 6.56. The van der Waals surface area contributed by atoms with Crippen molar-refractivity contribution in [2.24, 2.45) is 11.8 Å². The molecule has 4 heterocycles. The van der Waals surface area contributed by atoms with Gasteiger partial charge in [-0.05, 0) is 60.8 Å². The first-order chi connectivity index (χ1) is 21.3. The molecule has 0 saturated carbocycles. The van der Waals surface area contributed by atoms with Crippen molar-refractivity contribution < 1.29 is 23.4 Å². The number of fused-ring (bicyclic) bond motifs is 1. The molecule has 2 aromatic carbocycles. The van der Waals surface area contributed by atoms with Gasteiger partial charge in [0, 0.05) is 55.4 Å². The van der Waals surface area contributed by atoms with Crippen LogP contribution in [-0.4, -0.2) is 68.4 Å². The second kappa shape index (κ2) is 12.7. The van der Waals surface area contributed by atoms with Crippen LogP contribution < -0.4 is 14.8 Å². The number of aromatic nitrogens is 1. The summed E-state index contributed by atoms with van der Waals surface area (Å²) in [6, 6.07) is 17.1. The fourth-order valence-corrected chi connectivity index (χ4v) is 6.56. The van der Waals surface area contributed by atoms with Gasteiger partial charge < -0.3 is 28.8 Å². The molecule has 2 aromatic heterocycles. The van der Waals surface area contributed by atoms with Gasteiger partial charge in [-0.25, -0.2) is 0 Å². The molecule has 9 heteroatoms. The summed E-state index contributed by atoms with van der Waals surface area (Å²) in [4.78, 5) is 20.1. The third kappa shape index (κ3) is 6.01. The lowest BCUT2D eigenvalue weighted by Gasteiger charge is -2.40. The molecule has 9 nitrogen and oxygen atoms in total. The monoisotopic (exact) mass is 594 g/mol. The minimum Gasteiger partial charge on any atom is -0.496 e. The number of nitriles is 1. The van der Waals surface area contributed by atoms with Gasteiger partial charge in [0.2, 0.25) is 0 Å². The van der Waals surface area contributed by atoms with Gasteiger partial charge in [0.15, 0.2) is 5.58 Å². The number of ether oxygens (including phenoxy) is 3. The van der Waals surface area contributed by atoms with Gasteiger partial charge >= 0.3 is 0 Å². The van der Waals surface area contributed by atoms with Gasteiger partial charge in [0.25, 0.3) is 5.91 Å². The van der Waals surface area contributed by atoms with Crippen LogP contribution in [-0.2, 0) is 4.74 Å². The minimum atomic E-state index is -0.116. The normalized spacial score (nSPS) is 21.1. The number of likely N-dealkylation sites (tertiary alicyclic amines) is 1. The Bertz CT molecular complexity index is 1690. The van der Waals surface area contributed by atoms with Gasteiger partial charge in [-0.1, -0.05) is 19.9 Å². The number of rotatable bonds is 7. The molecule has 2 fully saturated rings. The molecule has 2 saturated heterocycles. The van der Waals surface area contributed by atoms with Crippen LogP contribution in [0.3, 0.4) is 0 Å². The molecule has 3 atom stereocenters. The van der Waals surface area contributed by atoms with Gasteiger partial charge in [-0.3, -0.25) is 9.78 Å². The zero-order valence-corrected chi connectivity index (χ0v) is 25.6. The molecule has 1 unspecified atom stereocenters. The molecule has 0 aliphatic carbocycles. The number of amides is 1. The molecule has 6 rings (SSSR count). The molecule has 0 spiro atoms. The average molecular weight is 595 g/mol. The summed E-state index contributed by atoms with van der Waals surface area (Å²) in [5.41, 5.74) is 4.62. The Kier molecular flexibility index (Phi) is 8.56. The molecule has 1 amide bonds. The third-order valence-electron chi connectivity index (χ3n) is 8.74. The van der Waals surface area contributed by atoms with E-state index in [0.29, 0.717) is 70.1 Å². The van der Waals surface area contributed by atoms with E-state index in [1.807, 2.05) is 36.4 Å². The maximum atomic E-state index is 13.3. The maximum absolute atomic E-state index is 13.3. The molecule has 0 bridgehead atoms. The van der Waals surface area contributed by atoms with Crippen molar-refractivity contribution >= 4 is 17.0 Å². The third-order valence-corrected chi connectivity index (χ3v) is 8.74. The Morgan fingerprint density at radius 3 is 2.52 bits per heavy atom. The van der Waals surface area contributed by atoms with E-state index in [4.69, 9.17) is 18.6 Å². The van der Waals surface area contributed by atoms with Crippen LogP contribution in [0.5, 0.6) is 11.5 Å². The van der Waals surface area contributed by atoms with Gasteiger partial charge in [0.05, 0.1) is 31.5 Å². The smallest absolute Gasteiger partial charge is 0.251 e. The topological polar surface area (TPSA) is 110 Å². The van der Waals surface area contributed by atoms with Crippen molar-refractivity contribution in [3.8, 4) is 40.0 Å². The second-order valence-electron chi connectivity index (χ2n) is 12.0. The maximum Gasteiger partial charge on any atom is 0.251 e. The number of pyridine rings is 1. The summed E-state index contributed by atoms with van der Waals surface area (Å²) in [5, 5.41) is 13.2. The molecule has 2 aliphatic heterocycles. The Morgan fingerprint density at radius 1 is 1.02 bits per heavy atom. The van der Waals surface area contributed by atoms with E-state index in [-0.39, 0.29) is 18.1 Å². The molecule has 228 valence electrons. The number of benzene rings is 2. The van der Waals surface area contributed by atoms with E-state index >= 15 is 0 Å². The van der Waals surface area contributed by atoms with Crippen LogP contribution in [0.25, 0.3) is 33.6 Å². The van der Waals surface area contributed by atoms with Crippen molar-refractivity contribution in [3.05, 3.63) is 65.9 Å². The Labute approximate surface area is 257 Å². The molecular formula is C35H38N4O5. The quantitative estimate of drug-likeness (QED) is 0.281. The van der Waals surface area contributed by atoms with Crippen LogP contribution in [0.15, 0.2) is 59.1 Å². The molecule has 1 N–H and O–H groups in total. The van der Waals surface area contributed by atoms with Gasteiger partial charge in [-0.15, -0.1) is 0 Å². The summed E-state index contributed by atoms with van der Waals surface area (Å²) in [7, 11) is 3.70. The fraction of sp³-hybridized carbons (Fsp3) is 0.400. The van der Waals surface area contributed by atoms with Crippen molar-refractivity contribution in [3.63, 3.8) is 0 Å². The highest BCUT2D eigenvalue weighted by molar-refractivity contribution is 5.97. The molecule has 2 aliphatic rings. The van der Waals surface area contributed by atoms with Crippen LogP contribution in [0.1, 0.15) is 42.6 Å². The van der Waals surface area contributed by atoms with Crippen molar-refractivity contribution in [2.45, 2.75) is 38.8 Å². The Morgan fingerprint density at radius 2 is 1.80 bits per heavy atom. The van der Waals surface area contributed by atoms with Crippen LogP contribution >= 0.6 is 0 Å². The van der Waals surface area contributed by atoms with Crippen molar-refractivity contribution in [1.82, 2.24) is 15.2 Å². The first kappa shape index (κ1) is 29.7. The number of methoxy groups -OCH3 is 1. The van der Waals surface area contributed by atoms with Crippen LogP contribution in [0.2, 0.25) is 0 Å². The molecule has 4 aromatic rings. The predicted octanol–water partition coefficient (Wildman–Crippen LogP) is 5.92. The van der Waals surface area contributed by atoms with E-state index in [2.05, 4.69) is 42.2 Å². The number of piperidine rings is 1. The lowest BCUT2D eigenvalue weighted by atomic mass is 9.86. The zero-order chi connectivity index (χ0) is 30.8. The van der Waals surface area contributed by atoms with Gasteiger partial charge in [-0.2, -0.15) is 5.26 Å². The van der Waals surface area contributed by atoms with Crippen molar-refractivity contribution in [2.75, 3.05) is 40.5 Å². The first-order valence-electron chi connectivity index (χ1n) is 15.2. The highest BCUT2D eigenvalue weighted by Gasteiger charge is 2.32. The van der Waals surface area contributed by atoms with Crippen molar-refractivity contribution in [1.29, 1.82) is 5.26 Å². The summed E-state index contributed by atoms with van der Waals surface area (Å²) in [6.07, 6.45) is 3.37. The first-order valence-corrected chi connectivity index (χ1v) is 15.2. The summed E-state index contributed by atoms with van der Waals surface area (Å²) in [6.45, 7) is 7.59. The number of hydrogen-bond acceptors (Lipinski definition) is 8. The van der Waals surface area contributed by atoms with E-state index < -0.39 is 0 Å². The van der Waals surface area contributed by atoms with Gasteiger partial charge in [0.1, 0.15) is 34.9 Å². The average Bonchev–Trinajstić information content (AvgIpc) is 3.47. The summed E-state index contributed by atoms with van der Waals surface area (Å²) >= 11 is 0. The number of carbonyl (C=O) groups excluding carboxylic acids is 1. The zero-order valence-electron chi connectivity index (χ0n) is 25.6. The van der Waals surface area contributed by atoms with E-state index in [0.717, 1.165) is 37.1 Å². The lowest BCUT2D eigenvalue weighted by molar-refractivity contribution is 0.0254. The SMILES string of the molecule is COc1cc(C(=O)NC2[C@H](C)CN(C)C[C@@H]2C)ccc1-c1cc2nccc(-c3ccc(OC4CCOCC4)c(C#N)c3)c2o1. The molecule has 44 heavy (non-hydrogen) atoms. The number of carbonyl (C=O) groups is 1. The number of hydrogen-bond donors (Lipinski definition) is 1. The summed E-state index contributed by atoms with van der Waals surface area (Å²) in [5.74, 6) is 2.26. The van der Waals surface area contributed by atoms with E-state index in [1.54, 1.807) is 25.4 Å². The number of nitrogens with zero attached hydrogens (tertiary/aromatic N) is 3. The molecule has 0 radical (unpaired) electrons.